The molecule has 1 unspecified atom stereocenters. The molecule has 0 saturated carbocycles. The lowest BCUT2D eigenvalue weighted by Crippen LogP contribution is -2.42. The largest absolute Gasteiger partial charge is 0.508 e. The maximum Gasteiger partial charge on any atom is 0.143 e. The number of anilines is 1. The highest BCUT2D eigenvalue weighted by atomic mass is 16.5. The minimum absolute atomic E-state index is 0.0859. The molecule has 1 aliphatic rings. The molecule has 126 valence electrons. The monoisotopic (exact) mass is 323 g/mol. The van der Waals surface area contributed by atoms with Gasteiger partial charge in [-0.2, -0.15) is 0 Å². The van der Waals surface area contributed by atoms with Crippen LogP contribution in [-0.4, -0.2) is 24.3 Å². The van der Waals surface area contributed by atoms with Crippen LogP contribution in [0.4, 0.5) is 5.69 Å². The van der Waals surface area contributed by atoms with Crippen LogP contribution in [0.3, 0.4) is 0 Å². The van der Waals surface area contributed by atoms with E-state index in [9.17, 15) is 5.11 Å². The van der Waals surface area contributed by atoms with Crippen LogP contribution < -0.4 is 9.64 Å². The summed E-state index contributed by atoms with van der Waals surface area (Å²) in [7, 11) is 0. The molecule has 0 saturated heterocycles. The number of fused-ring (bicyclic) bond motifs is 1. The highest BCUT2D eigenvalue weighted by molar-refractivity contribution is 5.63. The van der Waals surface area contributed by atoms with E-state index in [4.69, 9.17) is 4.74 Å². The Hall–Kier alpha value is -2.42. The normalized spacial score (nSPS) is 16.5. The molecule has 0 aliphatic carbocycles. The zero-order valence-corrected chi connectivity index (χ0v) is 14.7. The Bertz CT molecular complexity index is 766. The molecule has 0 fully saturated rings. The van der Waals surface area contributed by atoms with Gasteiger partial charge in [0.05, 0.1) is 12.2 Å². The summed E-state index contributed by atoms with van der Waals surface area (Å²) in [5.74, 6) is 1.09. The van der Waals surface area contributed by atoms with Gasteiger partial charge in [0.15, 0.2) is 0 Å². The van der Waals surface area contributed by atoms with Gasteiger partial charge in [0, 0.05) is 19.0 Å². The van der Waals surface area contributed by atoms with Crippen molar-refractivity contribution in [2.24, 2.45) is 0 Å². The van der Waals surface area contributed by atoms with E-state index in [1.807, 2.05) is 13.0 Å². The van der Waals surface area contributed by atoms with Crippen LogP contribution >= 0.6 is 0 Å². The number of phenols is 1. The van der Waals surface area contributed by atoms with Gasteiger partial charge in [0.1, 0.15) is 17.6 Å². The molecule has 0 aromatic heterocycles. The number of aromatic hydroxyl groups is 1. The summed E-state index contributed by atoms with van der Waals surface area (Å²) in [5, 5.41) is 9.80. The second-order valence-corrected chi connectivity index (χ2v) is 6.86. The van der Waals surface area contributed by atoms with E-state index >= 15 is 0 Å². The summed E-state index contributed by atoms with van der Waals surface area (Å²) < 4.78 is 6.21. The fourth-order valence-electron chi connectivity index (χ4n) is 3.32. The molecule has 1 aliphatic heterocycles. The molecule has 1 N–H and O–H groups in total. The average Bonchev–Trinajstić information content (AvgIpc) is 2.50. The van der Waals surface area contributed by atoms with Gasteiger partial charge >= 0.3 is 0 Å². The fourth-order valence-corrected chi connectivity index (χ4v) is 3.32. The lowest BCUT2D eigenvalue weighted by molar-refractivity contribution is 0.194. The SMILES string of the molecule is C=C(C)CN1CC(Cc2ccc(C)cc2C)Oc2ccc(O)cc21. The summed E-state index contributed by atoms with van der Waals surface area (Å²) in [6, 6.07) is 11.9. The van der Waals surface area contributed by atoms with Crippen molar-refractivity contribution in [3.63, 3.8) is 0 Å². The van der Waals surface area contributed by atoms with Crippen LogP contribution in [0.5, 0.6) is 11.5 Å². The molecule has 3 nitrogen and oxygen atoms in total. The van der Waals surface area contributed by atoms with Gasteiger partial charge < -0.3 is 14.7 Å². The first-order chi connectivity index (χ1) is 11.4. The first kappa shape index (κ1) is 16.4. The zero-order chi connectivity index (χ0) is 17.3. The van der Waals surface area contributed by atoms with Gasteiger partial charge in [-0.25, -0.2) is 0 Å². The number of ether oxygens (including phenoxy) is 1. The van der Waals surface area contributed by atoms with Crippen molar-refractivity contribution in [3.05, 3.63) is 65.2 Å². The van der Waals surface area contributed by atoms with Gasteiger partial charge in [-0.15, -0.1) is 0 Å². The summed E-state index contributed by atoms with van der Waals surface area (Å²) in [5.41, 5.74) is 5.95. The van der Waals surface area contributed by atoms with Gasteiger partial charge in [-0.05, 0) is 44.0 Å². The maximum atomic E-state index is 9.80. The first-order valence-electron chi connectivity index (χ1n) is 8.37. The number of nitrogens with zero attached hydrogens (tertiary/aromatic N) is 1. The number of benzene rings is 2. The van der Waals surface area contributed by atoms with E-state index in [2.05, 4.69) is 43.5 Å². The van der Waals surface area contributed by atoms with Crippen LogP contribution in [0.1, 0.15) is 23.6 Å². The second kappa shape index (κ2) is 6.60. The van der Waals surface area contributed by atoms with Crippen LogP contribution in [0.25, 0.3) is 0 Å². The highest BCUT2D eigenvalue weighted by Gasteiger charge is 2.26. The molecule has 0 spiro atoms. The Morgan fingerprint density at radius 3 is 2.75 bits per heavy atom. The predicted octanol–water partition coefficient (Wildman–Crippen LogP) is 4.40. The third-order valence-corrected chi connectivity index (χ3v) is 4.41. The molecular weight excluding hydrogens is 298 g/mol. The van der Waals surface area contributed by atoms with Crippen molar-refractivity contribution in [3.8, 4) is 11.5 Å². The third kappa shape index (κ3) is 3.56. The van der Waals surface area contributed by atoms with E-state index in [1.165, 1.54) is 16.7 Å². The Kier molecular flexibility index (Phi) is 4.52. The van der Waals surface area contributed by atoms with Crippen LogP contribution in [-0.2, 0) is 6.42 Å². The van der Waals surface area contributed by atoms with E-state index in [1.54, 1.807) is 12.1 Å². The van der Waals surface area contributed by atoms with Crippen molar-refractivity contribution in [2.45, 2.75) is 33.3 Å². The van der Waals surface area contributed by atoms with Crippen LogP contribution in [0, 0.1) is 13.8 Å². The molecule has 2 aromatic carbocycles. The maximum absolute atomic E-state index is 9.80. The van der Waals surface area contributed by atoms with Crippen LogP contribution in [0.15, 0.2) is 48.6 Å². The number of aryl methyl sites for hydroxylation is 2. The topological polar surface area (TPSA) is 32.7 Å². The number of hydrogen-bond acceptors (Lipinski definition) is 3. The summed E-state index contributed by atoms with van der Waals surface area (Å²) in [6.07, 6.45) is 0.960. The van der Waals surface area contributed by atoms with E-state index in [0.29, 0.717) is 0 Å². The first-order valence-corrected chi connectivity index (χ1v) is 8.37. The van der Waals surface area contributed by atoms with Crippen molar-refractivity contribution in [1.82, 2.24) is 0 Å². The Morgan fingerprint density at radius 2 is 2.04 bits per heavy atom. The van der Waals surface area contributed by atoms with Gasteiger partial charge in [-0.3, -0.25) is 0 Å². The molecule has 24 heavy (non-hydrogen) atoms. The van der Waals surface area contributed by atoms with E-state index in [0.717, 1.165) is 36.5 Å². The molecule has 0 amide bonds. The molecule has 3 heteroatoms. The second-order valence-electron chi connectivity index (χ2n) is 6.86. The fraction of sp³-hybridized carbons (Fsp3) is 0.333. The van der Waals surface area contributed by atoms with Gasteiger partial charge in [-0.1, -0.05) is 35.9 Å². The number of phenolic OH excluding ortho intramolecular Hbond substituents is 1. The lowest BCUT2D eigenvalue weighted by atomic mass is 9.99. The van der Waals surface area contributed by atoms with Gasteiger partial charge in [0.2, 0.25) is 0 Å². The molecule has 1 heterocycles. The summed E-state index contributed by atoms with van der Waals surface area (Å²) in [6.45, 7) is 11.9. The van der Waals surface area contributed by atoms with E-state index in [-0.39, 0.29) is 11.9 Å². The van der Waals surface area contributed by atoms with Crippen molar-refractivity contribution in [1.29, 1.82) is 0 Å². The quantitative estimate of drug-likeness (QED) is 0.847. The lowest BCUT2D eigenvalue weighted by Gasteiger charge is -2.36. The molecule has 3 rings (SSSR count). The average molecular weight is 323 g/mol. The van der Waals surface area contributed by atoms with Gasteiger partial charge in [0.25, 0.3) is 0 Å². The molecule has 2 aromatic rings. The number of rotatable bonds is 4. The third-order valence-electron chi connectivity index (χ3n) is 4.41. The zero-order valence-electron chi connectivity index (χ0n) is 14.7. The Labute approximate surface area is 144 Å². The molecule has 1 atom stereocenters. The minimum Gasteiger partial charge on any atom is -0.508 e. The van der Waals surface area contributed by atoms with Crippen LogP contribution in [0.2, 0.25) is 0 Å². The summed E-state index contributed by atoms with van der Waals surface area (Å²) in [4.78, 5) is 2.25. The van der Waals surface area contributed by atoms with Crippen molar-refractivity contribution < 1.29 is 9.84 Å². The minimum atomic E-state index is 0.0859. The molecule has 0 bridgehead atoms. The highest BCUT2D eigenvalue weighted by Crippen LogP contribution is 2.37. The number of hydrogen-bond donors (Lipinski definition) is 1. The smallest absolute Gasteiger partial charge is 0.143 e. The molecule has 0 radical (unpaired) electrons. The predicted molar refractivity (Wildman–Crippen MR) is 99.2 cm³/mol. The Morgan fingerprint density at radius 1 is 1.25 bits per heavy atom. The Balaban J connectivity index is 1.86. The standard InChI is InChI=1S/C21H25NO2/c1-14(2)12-22-13-19(10-17-6-5-15(3)9-16(17)4)24-21-8-7-18(23)11-20(21)22/h5-9,11,19,23H,1,10,12-13H2,2-4H3. The van der Waals surface area contributed by atoms with Crippen molar-refractivity contribution >= 4 is 5.69 Å². The molecular formula is C21H25NO2. The van der Waals surface area contributed by atoms with Crippen molar-refractivity contribution in [2.75, 3.05) is 18.0 Å². The summed E-state index contributed by atoms with van der Waals surface area (Å²) >= 11 is 0. The van der Waals surface area contributed by atoms with E-state index < -0.39 is 0 Å².